The smallest absolute Gasteiger partial charge is 0.0132 e. The minimum atomic E-state index is 0.718. The zero-order valence-corrected chi connectivity index (χ0v) is 19.6. The van der Waals surface area contributed by atoms with Crippen molar-refractivity contribution in [2.24, 2.45) is 29.6 Å². The van der Waals surface area contributed by atoms with Gasteiger partial charge in [-0.3, -0.25) is 0 Å². The third-order valence-electron chi connectivity index (χ3n) is 8.84. The first-order chi connectivity index (χ1) is 13.7. The molecule has 3 aliphatic carbocycles. The maximum absolute atomic E-state index is 3.85. The average molecular weight is 388 g/mol. The van der Waals surface area contributed by atoms with Crippen molar-refractivity contribution in [1.29, 1.82) is 0 Å². The molecule has 3 rings (SSSR count). The van der Waals surface area contributed by atoms with Gasteiger partial charge >= 0.3 is 0 Å². The van der Waals surface area contributed by atoms with E-state index in [0.717, 1.165) is 35.6 Å². The fraction of sp³-hybridized carbons (Fsp3) is 0.926. The maximum atomic E-state index is 3.85. The van der Waals surface area contributed by atoms with Gasteiger partial charge in [-0.2, -0.15) is 0 Å². The minimum Gasteiger partial charge on any atom is -0.316 e. The van der Waals surface area contributed by atoms with Gasteiger partial charge in [-0.15, -0.1) is 0 Å². The summed E-state index contributed by atoms with van der Waals surface area (Å²) in [4.78, 5) is 0. The van der Waals surface area contributed by atoms with Gasteiger partial charge in [0, 0.05) is 6.04 Å². The van der Waals surface area contributed by atoms with E-state index >= 15 is 0 Å². The molecule has 0 amide bonds. The van der Waals surface area contributed by atoms with Gasteiger partial charge in [0.2, 0.25) is 0 Å². The molecule has 0 aromatic rings. The number of hydrogen-bond donors (Lipinski definition) is 1. The second-order valence-electron chi connectivity index (χ2n) is 10.7. The van der Waals surface area contributed by atoms with E-state index in [0.29, 0.717) is 0 Å². The van der Waals surface area contributed by atoms with E-state index in [9.17, 15) is 0 Å². The van der Waals surface area contributed by atoms with Crippen molar-refractivity contribution in [3.63, 3.8) is 0 Å². The molecule has 0 radical (unpaired) electrons. The van der Waals surface area contributed by atoms with Gasteiger partial charge in [-0.1, -0.05) is 89.7 Å². The zero-order chi connectivity index (χ0) is 19.9. The first-order valence-electron chi connectivity index (χ1n) is 13.0. The van der Waals surface area contributed by atoms with E-state index in [1.54, 1.807) is 0 Å². The van der Waals surface area contributed by atoms with Crippen LogP contribution < -0.4 is 5.32 Å². The van der Waals surface area contributed by atoms with Crippen molar-refractivity contribution in [3.05, 3.63) is 11.1 Å². The highest BCUT2D eigenvalue weighted by Crippen LogP contribution is 2.47. The Morgan fingerprint density at radius 1 is 0.893 bits per heavy atom. The molecule has 0 bridgehead atoms. The number of hydrogen-bond acceptors (Lipinski definition) is 1. The Labute approximate surface area is 176 Å². The molecule has 0 aromatic heterocycles. The zero-order valence-electron chi connectivity index (χ0n) is 19.6. The number of rotatable bonds is 6. The normalized spacial score (nSPS) is 32.8. The molecule has 1 nitrogen and oxygen atoms in total. The molecule has 3 aliphatic rings. The molecule has 1 heteroatoms. The van der Waals surface area contributed by atoms with Gasteiger partial charge in [0.05, 0.1) is 0 Å². The Kier molecular flexibility index (Phi) is 8.95. The van der Waals surface area contributed by atoms with Crippen LogP contribution in [0, 0.1) is 29.6 Å². The van der Waals surface area contributed by atoms with Gasteiger partial charge in [0.25, 0.3) is 0 Å². The van der Waals surface area contributed by atoms with Crippen molar-refractivity contribution >= 4 is 0 Å². The minimum absolute atomic E-state index is 0.718. The van der Waals surface area contributed by atoms with Crippen molar-refractivity contribution in [1.82, 2.24) is 5.32 Å². The first kappa shape index (κ1) is 22.4. The largest absolute Gasteiger partial charge is 0.316 e. The predicted molar refractivity (Wildman–Crippen MR) is 124 cm³/mol. The molecule has 5 unspecified atom stereocenters. The standard InChI is InChI=1S/C27H49N/c1-5-20(2)26-21(3)13-8-6-7-9-16-23-17-12-18-24(27(23)26)25(28-4)19-22-14-10-11-15-22/h20-22,24-26,28H,5-19H2,1-4H3. The summed E-state index contributed by atoms with van der Waals surface area (Å²) in [6.45, 7) is 7.59. The summed E-state index contributed by atoms with van der Waals surface area (Å²) in [6, 6.07) is 0.718. The second-order valence-corrected chi connectivity index (χ2v) is 10.7. The molecule has 162 valence electrons. The Morgan fingerprint density at radius 2 is 1.57 bits per heavy atom. The van der Waals surface area contributed by atoms with Crippen molar-refractivity contribution < 1.29 is 0 Å². The number of allylic oxidation sites excluding steroid dienone is 1. The van der Waals surface area contributed by atoms with Crippen LogP contribution in [0.4, 0.5) is 0 Å². The predicted octanol–water partition coefficient (Wildman–Crippen LogP) is 7.90. The number of nitrogens with one attached hydrogen (secondary N) is 1. The summed E-state index contributed by atoms with van der Waals surface area (Å²) < 4.78 is 0. The van der Waals surface area contributed by atoms with Crippen LogP contribution in [0.25, 0.3) is 0 Å². The van der Waals surface area contributed by atoms with Crippen LogP contribution >= 0.6 is 0 Å². The monoisotopic (exact) mass is 387 g/mol. The van der Waals surface area contributed by atoms with Crippen LogP contribution in [-0.4, -0.2) is 13.1 Å². The lowest BCUT2D eigenvalue weighted by Crippen LogP contribution is -2.41. The van der Waals surface area contributed by atoms with Crippen LogP contribution in [0.2, 0.25) is 0 Å². The van der Waals surface area contributed by atoms with Crippen LogP contribution in [0.5, 0.6) is 0 Å². The lowest BCUT2D eigenvalue weighted by molar-refractivity contribution is 0.212. The molecule has 1 fully saturated rings. The fourth-order valence-electron chi connectivity index (χ4n) is 7.12. The molecule has 0 spiro atoms. The summed E-state index contributed by atoms with van der Waals surface area (Å²) >= 11 is 0. The summed E-state index contributed by atoms with van der Waals surface area (Å²) in [5, 5.41) is 3.85. The highest BCUT2D eigenvalue weighted by atomic mass is 14.9. The Hall–Kier alpha value is -0.300. The van der Waals surface area contributed by atoms with E-state index in [1.807, 2.05) is 11.1 Å². The first-order valence-corrected chi connectivity index (χ1v) is 13.0. The Bertz CT molecular complexity index is 486. The molecule has 1 N–H and O–H groups in total. The van der Waals surface area contributed by atoms with E-state index in [2.05, 4.69) is 33.1 Å². The fourth-order valence-corrected chi connectivity index (χ4v) is 7.12. The Morgan fingerprint density at radius 3 is 2.29 bits per heavy atom. The summed E-state index contributed by atoms with van der Waals surface area (Å²) in [5.41, 5.74) is 3.90. The van der Waals surface area contributed by atoms with Crippen LogP contribution in [-0.2, 0) is 0 Å². The molecule has 1 saturated carbocycles. The van der Waals surface area contributed by atoms with Gasteiger partial charge in [-0.05, 0) is 75.2 Å². The lowest BCUT2D eigenvalue weighted by atomic mass is 9.63. The molecule has 0 heterocycles. The van der Waals surface area contributed by atoms with Gasteiger partial charge in [0.1, 0.15) is 0 Å². The highest BCUT2D eigenvalue weighted by Gasteiger charge is 2.38. The average Bonchev–Trinajstić information content (AvgIpc) is 3.22. The van der Waals surface area contributed by atoms with Crippen LogP contribution in [0.1, 0.15) is 117 Å². The van der Waals surface area contributed by atoms with Crippen LogP contribution in [0.3, 0.4) is 0 Å². The Balaban J connectivity index is 1.93. The molecule has 0 aliphatic heterocycles. The van der Waals surface area contributed by atoms with Crippen molar-refractivity contribution in [2.45, 2.75) is 123 Å². The topological polar surface area (TPSA) is 12.0 Å². The van der Waals surface area contributed by atoms with Crippen molar-refractivity contribution in [2.75, 3.05) is 7.05 Å². The van der Waals surface area contributed by atoms with E-state index in [1.165, 1.54) is 96.3 Å². The van der Waals surface area contributed by atoms with Gasteiger partial charge in [0.15, 0.2) is 0 Å². The molecule has 0 saturated heterocycles. The molecular weight excluding hydrogens is 338 g/mol. The quantitative estimate of drug-likeness (QED) is 0.457. The van der Waals surface area contributed by atoms with Crippen molar-refractivity contribution in [3.8, 4) is 0 Å². The lowest BCUT2D eigenvalue weighted by Gasteiger charge is -2.43. The van der Waals surface area contributed by atoms with E-state index in [-0.39, 0.29) is 0 Å². The molecule has 0 aromatic carbocycles. The summed E-state index contributed by atoms with van der Waals surface area (Å²) in [7, 11) is 2.26. The summed E-state index contributed by atoms with van der Waals surface area (Å²) in [5.74, 6) is 4.34. The maximum Gasteiger partial charge on any atom is 0.0132 e. The van der Waals surface area contributed by atoms with E-state index < -0.39 is 0 Å². The van der Waals surface area contributed by atoms with Gasteiger partial charge < -0.3 is 5.32 Å². The van der Waals surface area contributed by atoms with E-state index in [4.69, 9.17) is 0 Å². The second kappa shape index (κ2) is 11.2. The van der Waals surface area contributed by atoms with Gasteiger partial charge in [-0.25, -0.2) is 0 Å². The highest BCUT2D eigenvalue weighted by molar-refractivity contribution is 5.26. The summed E-state index contributed by atoms with van der Waals surface area (Å²) in [6.07, 6.45) is 21.7. The SMILES string of the molecule is CCC(C)C1C2=C(CCCCCCC1C)CCCC2C(CC1CCCC1)NC. The third kappa shape index (κ3) is 5.44. The molecule has 5 atom stereocenters. The molecular formula is C27H49N. The van der Waals surface area contributed by atoms with Crippen LogP contribution in [0.15, 0.2) is 11.1 Å². The third-order valence-corrected chi connectivity index (χ3v) is 8.84. The molecule has 28 heavy (non-hydrogen) atoms.